The van der Waals surface area contributed by atoms with Crippen LogP contribution in [0.4, 0.5) is 5.69 Å². The molecule has 0 aliphatic carbocycles. The van der Waals surface area contributed by atoms with E-state index in [9.17, 15) is 8.42 Å². The molecule has 0 saturated carbocycles. The molecule has 0 spiro atoms. The number of benzene rings is 1. The standard InChI is InChI=1S/C13H19ClN2O3S/c1-8-11(15)6-10(14)7-13(8)20(17,18)16(3)12-4-5-19-9(12)2/h6-7,9,12H,4-5,15H2,1-3H3. The summed E-state index contributed by atoms with van der Waals surface area (Å²) in [6.07, 6.45) is 0.568. The molecule has 1 fully saturated rings. The number of halogens is 1. The third-order valence-corrected chi connectivity index (χ3v) is 6.05. The molecule has 1 heterocycles. The molecule has 1 aromatic rings. The predicted octanol–water partition coefficient (Wildman–Crippen LogP) is 2.03. The Kier molecular flexibility index (Phi) is 4.30. The minimum absolute atomic E-state index is 0.119. The van der Waals surface area contributed by atoms with E-state index in [0.717, 1.165) is 0 Å². The molecule has 7 heteroatoms. The molecule has 5 nitrogen and oxygen atoms in total. The summed E-state index contributed by atoms with van der Waals surface area (Å²) < 4.78 is 32.3. The molecule has 1 aliphatic heterocycles. The molecule has 0 bridgehead atoms. The number of likely N-dealkylation sites (N-methyl/N-ethyl adjacent to an activating group) is 1. The Morgan fingerprint density at radius 2 is 2.10 bits per heavy atom. The maximum atomic E-state index is 12.7. The largest absolute Gasteiger partial charge is 0.398 e. The normalized spacial score (nSPS) is 23.4. The zero-order valence-corrected chi connectivity index (χ0v) is 13.3. The number of hydrogen-bond donors (Lipinski definition) is 1. The van der Waals surface area contributed by atoms with Crippen molar-refractivity contribution >= 4 is 27.3 Å². The van der Waals surface area contributed by atoms with Crippen LogP contribution in [0.2, 0.25) is 5.02 Å². The van der Waals surface area contributed by atoms with Gasteiger partial charge in [-0.05, 0) is 38.0 Å². The van der Waals surface area contributed by atoms with E-state index in [1.54, 1.807) is 20.0 Å². The number of nitrogen functional groups attached to an aromatic ring is 1. The van der Waals surface area contributed by atoms with Crippen molar-refractivity contribution < 1.29 is 13.2 Å². The van der Waals surface area contributed by atoms with Crippen LogP contribution in [0.25, 0.3) is 0 Å². The van der Waals surface area contributed by atoms with Gasteiger partial charge in [-0.2, -0.15) is 4.31 Å². The fraction of sp³-hybridized carbons (Fsp3) is 0.538. The number of ether oxygens (including phenoxy) is 1. The predicted molar refractivity (Wildman–Crippen MR) is 79.4 cm³/mol. The zero-order valence-electron chi connectivity index (χ0n) is 11.8. The summed E-state index contributed by atoms with van der Waals surface area (Å²) >= 11 is 5.93. The van der Waals surface area contributed by atoms with Crippen molar-refractivity contribution in [2.45, 2.75) is 37.3 Å². The van der Waals surface area contributed by atoms with Gasteiger partial charge in [0.1, 0.15) is 0 Å². The monoisotopic (exact) mass is 318 g/mol. The van der Waals surface area contributed by atoms with Crippen LogP contribution >= 0.6 is 11.6 Å². The fourth-order valence-corrected chi connectivity index (χ4v) is 4.49. The summed E-state index contributed by atoms with van der Waals surface area (Å²) in [6.45, 7) is 4.13. The first kappa shape index (κ1) is 15.6. The van der Waals surface area contributed by atoms with Crippen LogP contribution < -0.4 is 5.73 Å². The molecule has 1 saturated heterocycles. The number of sulfonamides is 1. The number of nitrogens with zero attached hydrogens (tertiary/aromatic N) is 1. The number of rotatable bonds is 3. The molecule has 2 unspecified atom stereocenters. The van der Waals surface area contributed by atoms with Gasteiger partial charge in [-0.15, -0.1) is 0 Å². The highest BCUT2D eigenvalue weighted by Crippen LogP contribution is 2.30. The van der Waals surface area contributed by atoms with Crippen molar-refractivity contribution in [3.63, 3.8) is 0 Å². The molecule has 20 heavy (non-hydrogen) atoms. The zero-order chi connectivity index (χ0) is 15.1. The van der Waals surface area contributed by atoms with E-state index in [1.807, 2.05) is 6.92 Å². The van der Waals surface area contributed by atoms with Crippen LogP contribution in [0.15, 0.2) is 17.0 Å². The quantitative estimate of drug-likeness (QED) is 0.865. The lowest BCUT2D eigenvalue weighted by atomic mass is 10.2. The average Bonchev–Trinajstić information content (AvgIpc) is 2.78. The molecular formula is C13H19ClN2O3S. The first-order valence-electron chi connectivity index (χ1n) is 6.40. The van der Waals surface area contributed by atoms with E-state index in [2.05, 4.69) is 0 Å². The lowest BCUT2D eigenvalue weighted by Crippen LogP contribution is -2.41. The fourth-order valence-electron chi connectivity index (χ4n) is 2.47. The highest BCUT2D eigenvalue weighted by Gasteiger charge is 2.36. The van der Waals surface area contributed by atoms with Crippen LogP contribution in [0.1, 0.15) is 18.9 Å². The third-order valence-electron chi connectivity index (χ3n) is 3.83. The minimum Gasteiger partial charge on any atom is -0.398 e. The third kappa shape index (κ3) is 2.65. The van der Waals surface area contributed by atoms with Gasteiger partial charge in [-0.25, -0.2) is 8.42 Å². The molecule has 0 amide bonds. The Morgan fingerprint density at radius 3 is 2.65 bits per heavy atom. The Hall–Kier alpha value is -0.820. The number of anilines is 1. The highest BCUT2D eigenvalue weighted by atomic mass is 35.5. The van der Waals surface area contributed by atoms with E-state index in [0.29, 0.717) is 29.3 Å². The van der Waals surface area contributed by atoms with Gasteiger partial charge in [-0.3, -0.25) is 0 Å². The smallest absolute Gasteiger partial charge is 0.243 e. The van der Waals surface area contributed by atoms with Crippen molar-refractivity contribution in [1.82, 2.24) is 4.31 Å². The summed E-state index contributed by atoms with van der Waals surface area (Å²) in [5.74, 6) is 0. The number of hydrogen-bond acceptors (Lipinski definition) is 4. The van der Waals surface area contributed by atoms with Gasteiger partial charge < -0.3 is 10.5 Å². The maximum Gasteiger partial charge on any atom is 0.243 e. The van der Waals surface area contributed by atoms with E-state index in [1.165, 1.54) is 10.4 Å². The van der Waals surface area contributed by atoms with Gasteiger partial charge in [0.25, 0.3) is 0 Å². The first-order valence-corrected chi connectivity index (χ1v) is 8.22. The Labute approximate surface area is 124 Å². The van der Waals surface area contributed by atoms with Crippen LogP contribution in [-0.2, 0) is 14.8 Å². The lowest BCUT2D eigenvalue weighted by Gasteiger charge is -2.27. The summed E-state index contributed by atoms with van der Waals surface area (Å²) in [5.41, 5.74) is 6.70. The minimum atomic E-state index is -3.64. The molecule has 0 radical (unpaired) electrons. The highest BCUT2D eigenvalue weighted by molar-refractivity contribution is 7.89. The second-order valence-electron chi connectivity index (χ2n) is 5.07. The van der Waals surface area contributed by atoms with Crippen molar-refractivity contribution in [1.29, 1.82) is 0 Å². The molecule has 1 aromatic carbocycles. The topological polar surface area (TPSA) is 72.6 Å². The van der Waals surface area contributed by atoms with Crippen molar-refractivity contribution in [3.8, 4) is 0 Å². The van der Waals surface area contributed by atoms with Crippen molar-refractivity contribution in [3.05, 3.63) is 22.7 Å². The molecule has 0 aromatic heterocycles. The second-order valence-corrected chi connectivity index (χ2v) is 7.47. The van der Waals surface area contributed by atoms with E-state index < -0.39 is 10.0 Å². The molecule has 2 N–H and O–H groups in total. The van der Waals surface area contributed by atoms with E-state index in [-0.39, 0.29) is 17.0 Å². The summed E-state index contributed by atoms with van der Waals surface area (Å²) in [6, 6.07) is 2.83. The van der Waals surface area contributed by atoms with Gasteiger partial charge in [0, 0.05) is 24.4 Å². The SMILES string of the molecule is Cc1c(N)cc(Cl)cc1S(=O)(=O)N(C)C1CCOC1C. The van der Waals surface area contributed by atoms with Gasteiger partial charge in [0.2, 0.25) is 10.0 Å². The van der Waals surface area contributed by atoms with Gasteiger partial charge >= 0.3 is 0 Å². The number of nitrogens with two attached hydrogens (primary N) is 1. The van der Waals surface area contributed by atoms with Crippen molar-refractivity contribution in [2.24, 2.45) is 0 Å². The van der Waals surface area contributed by atoms with Crippen LogP contribution in [0.5, 0.6) is 0 Å². The molecule has 1 aliphatic rings. The summed E-state index contributed by atoms with van der Waals surface area (Å²) in [5, 5.41) is 0.316. The summed E-state index contributed by atoms with van der Waals surface area (Å²) in [4.78, 5) is 0.157. The van der Waals surface area contributed by atoms with Crippen LogP contribution in [0, 0.1) is 6.92 Å². The van der Waals surface area contributed by atoms with Gasteiger partial charge in [-0.1, -0.05) is 11.6 Å². The van der Waals surface area contributed by atoms with Gasteiger partial charge in [0.05, 0.1) is 17.0 Å². The average molecular weight is 319 g/mol. The second kappa shape index (κ2) is 5.52. The molecular weight excluding hydrogens is 300 g/mol. The lowest BCUT2D eigenvalue weighted by molar-refractivity contribution is 0.102. The maximum absolute atomic E-state index is 12.7. The van der Waals surface area contributed by atoms with E-state index >= 15 is 0 Å². The summed E-state index contributed by atoms with van der Waals surface area (Å²) in [7, 11) is -2.07. The Morgan fingerprint density at radius 1 is 1.45 bits per heavy atom. The van der Waals surface area contributed by atoms with Crippen molar-refractivity contribution in [2.75, 3.05) is 19.4 Å². The Bertz CT molecular complexity index is 618. The van der Waals surface area contributed by atoms with Gasteiger partial charge in [0.15, 0.2) is 0 Å². The van der Waals surface area contributed by atoms with Crippen LogP contribution in [0.3, 0.4) is 0 Å². The Balaban J connectivity index is 2.45. The first-order chi connectivity index (χ1) is 9.25. The van der Waals surface area contributed by atoms with E-state index in [4.69, 9.17) is 22.1 Å². The van der Waals surface area contributed by atoms with Crippen LogP contribution in [-0.4, -0.2) is 38.5 Å². The molecule has 2 rings (SSSR count). The molecule has 112 valence electrons. The molecule has 2 atom stereocenters.